The van der Waals surface area contributed by atoms with E-state index in [1.54, 1.807) is 36.4 Å². The van der Waals surface area contributed by atoms with Crippen molar-refractivity contribution >= 4 is 42.6 Å². The molecular formula is C21H23N3O5S2. The minimum Gasteiger partial charge on any atom is -0.493 e. The number of benzene rings is 2. The van der Waals surface area contributed by atoms with Gasteiger partial charge in [0.1, 0.15) is 0 Å². The normalized spacial score (nSPS) is 15.0. The minimum absolute atomic E-state index is 0.203. The number of ether oxygens (including phenoxy) is 2. The number of piperidine rings is 1. The van der Waals surface area contributed by atoms with E-state index in [1.807, 2.05) is 6.07 Å². The molecule has 1 fully saturated rings. The lowest BCUT2D eigenvalue weighted by Gasteiger charge is -2.25. The third-order valence-corrected chi connectivity index (χ3v) is 7.82. The van der Waals surface area contributed by atoms with E-state index in [-0.39, 0.29) is 17.4 Å². The molecule has 1 aliphatic rings. The molecule has 0 unspecified atom stereocenters. The number of carbonyl (C=O) groups is 1. The number of para-hydroxylation sites is 2. The second-order valence-corrected chi connectivity index (χ2v) is 10.1. The topological polar surface area (TPSA) is 97.8 Å². The van der Waals surface area contributed by atoms with Gasteiger partial charge in [0.15, 0.2) is 23.2 Å². The number of hydrogen-bond donors (Lipinski definition) is 1. The Balaban J connectivity index is 1.45. The number of sulfonamides is 1. The first kappa shape index (κ1) is 21.5. The van der Waals surface area contributed by atoms with Gasteiger partial charge in [0, 0.05) is 13.1 Å². The van der Waals surface area contributed by atoms with Crippen molar-refractivity contribution in [2.75, 3.05) is 32.1 Å². The summed E-state index contributed by atoms with van der Waals surface area (Å²) in [5.41, 5.74) is 0.628. The molecule has 1 amide bonds. The molecule has 164 valence electrons. The Bertz CT molecular complexity index is 1190. The fourth-order valence-corrected chi connectivity index (χ4v) is 5.95. The van der Waals surface area contributed by atoms with Crippen molar-refractivity contribution in [3.05, 3.63) is 42.5 Å². The van der Waals surface area contributed by atoms with Crippen LogP contribution in [0, 0.1) is 0 Å². The van der Waals surface area contributed by atoms with E-state index in [0.717, 1.165) is 19.3 Å². The van der Waals surface area contributed by atoms with Crippen molar-refractivity contribution in [3.63, 3.8) is 0 Å². The number of rotatable bonds is 7. The molecule has 4 rings (SSSR count). The zero-order valence-corrected chi connectivity index (χ0v) is 18.7. The van der Waals surface area contributed by atoms with Gasteiger partial charge < -0.3 is 9.47 Å². The summed E-state index contributed by atoms with van der Waals surface area (Å²) >= 11 is 1.23. The van der Waals surface area contributed by atoms with Gasteiger partial charge in [-0.25, -0.2) is 13.4 Å². The van der Waals surface area contributed by atoms with Crippen LogP contribution < -0.4 is 14.8 Å². The number of nitrogens with one attached hydrogen (secondary N) is 1. The van der Waals surface area contributed by atoms with Crippen LogP contribution in [0.3, 0.4) is 0 Å². The standard InChI is InChI=1S/C21H23N3O5S2/c1-28-17-7-3-4-8-18(17)29-14-20(25)23-21-22-16-10-9-15(13-19(16)30-21)31(26,27)24-11-5-2-6-12-24/h3-4,7-10,13H,2,5-6,11-12,14H2,1H3,(H,22,23,25). The summed E-state index contributed by atoms with van der Waals surface area (Å²) in [6.07, 6.45) is 2.83. The van der Waals surface area contributed by atoms with Gasteiger partial charge >= 0.3 is 0 Å². The molecule has 0 spiro atoms. The van der Waals surface area contributed by atoms with Crippen LogP contribution in [0.5, 0.6) is 11.5 Å². The van der Waals surface area contributed by atoms with Gasteiger partial charge in [0.25, 0.3) is 5.91 Å². The molecule has 31 heavy (non-hydrogen) atoms. The van der Waals surface area contributed by atoms with Crippen LogP contribution in [0.15, 0.2) is 47.4 Å². The minimum atomic E-state index is -3.52. The van der Waals surface area contributed by atoms with Crippen LogP contribution in [0.25, 0.3) is 10.2 Å². The number of aromatic nitrogens is 1. The maximum absolute atomic E-state index is 12.9. The molecule has 2 heterocycles. The molecule has 1 aromatic heterocycles. The van der Waals surface area contributed by atoms with Crippen LogP contribution in [0.2, 0.25) is 0 Å². The largest absolute Gasteiger partial charge is 0.493 e. The van der Waals surface area contributed by atoms with Crippen molar-refractivity contribution in [1.29, 1.82) is 0 Å². The molecule has 0 atom stereocenters. The molecule has 0 radical (unpaired) electrons. The molecule has 10 heteroatoms. The molecule has 3 aromatic rings. The predicted molar refractivity (Wildman–Crippen MR) is 119 cm³/mol. The van der Waals surface area contributed by atoms with E-state index < -0.39 is 10.0 Å². The molecule has 0 saturated carbocycles. The molecule has 1 aliphatic heterocycles. The highest BCUT2D eigenvalue weighted by Crippen LogP contribution is 2.30. The number of thiazole rings is 1. The lowest BCUT2D eigenvalue weighted by Crippen LogP contribution is -2.35. The fraction of sp³-hybridized carbons (Fsp3) is 0.333. The van der Waals surface area contributed by atoms with Crippen LogP contribution in [-0.4, -0.2) is 50.4 Å². The van der Waals surface area contributed by atoms with Crippen LogP contribution in [0.1, 0.15) is 19.3 Å². The van der Waals surface area contributed by atoms with E-state index >= 15 is 0 Å². The van der Waals surface area contributed by atoms with Gasteiger partial charge in [-0.2, -0.15) is 4.31 Å². The Morgan fingerprint density at radius 1 is 1.13 bits per heavy atom. The molecule has 0 aliphatic carbocycles. The Hall–Kier alpha value is -2.69. The Morgan fingerprint density at radius 3 is 2.61 bits per heavy atom. The number of anilines is 1. The third kappa shape index (κ3) is 4.81. The highest BCUT2D eigenvalue weighted by molar-refractivity contribution is 7.89. The van der Waals surface area contributed by atoms with Crippen LogP contribution in [0.4, 0.5) is 5.13 Å². The van der Waals surface area contributed by atoms with Crippen LogP contribution in [-0.2, 0) is 14.8 Å². The van der Waals surface area contributed by atoms with E-state index in [2.05, 4.69) is 10.3 Å². The number of fused-ring (bicyclic) bond motifs is 1. The van der Waals surface area contributed by atoms with Crippen LogP contribution >= 0.6 is 11.3 Å². The SMILES string of the molecule is COc1ccccc1OCC(=O)Nc1nc2ccc(S(=O)(=O)N3CCCCC3)cc2s1. The molecule has 0 bridgehead atoms. The monoisotopic (exact) mass is 461 g/mol. The summed E-state index contributed by atoms with van der Waals surface area (Å²) in [4.78, 5) is 16.9. The third-order valence-electron chi connectivity index (χ3n) is 4.99. The summed E-state index contributed by atoms with van der Waals surface area (Å²) in [6, 6.07) is 11.9. The summed E-state index contributed by atoms with van der Waals surface area (Å²) < 4.78 is 38.8. The molecule has 2 aromatic carbocycles. The summed E-state index contributed by atoms with van der Waals surface area (Å²) in [5.74, 6) is 0.640. The number of methoxy groups -OCH3 is 1. The zero-order valence-electron chi connectivity index (χ0n) is 17.0. The fourth-order valence-electron chi connectivity index (χ4n) is 3.41. The number of amides is 1. The van der Waals surface area contributed by atoms with E-state index in [1.165, 1.54) is 22.8 Å². The van der Waals surface area contributed by atoms with E-state index in [4.69, 9.17) is 9.47 Å². The first-order valence-corrected chi connectivity index (χ1v) is 12.2. The first-order chi connectivity index (χ1) is 15.0. The number of nitrogens with zero attached hydrogens (tertiary/aromatic N) is 2. The highest BCUT2D eigenvalue weighted by Gasteiger charge is 2.26. The maximum Gasteiger partial charge on any atom is 0.264 e. The Labute approximate surface area is 184 Å². The summed E-state index contributed by atoms with van der Waals surface area (Å²) in [5, 5.41) is 3.09. The summed E-state index contributed by atoms with van der Waals surface area (Å²) in [7, 11) is -1.99. The van der Waals surface area contributed by atoms with Gasteiger partial charge in [0.05, 0.1) is 22.2 Å². The Morgan fingerprint density at radius 2 is 1.87 bits per heavy atom. The van der Waals surface area contributed by atoms with Crippen molar-refractivity contribution in [3.8, 4) is 11.5 Å². The molecule has 8 nitrogen and oxygen atoms in total. The number of carbonyl (C=O) groups excluding carboxylic acids is 1. The van der Waals surface area contributed by atoms with Crippen molar-refractivity contribution in [2.24, 2.45) is 0 Å². The quantitative estimate of drug-likeness (QED) is 0.578. The average Bonchev–Trinajstić information content (AvgIpc) is 3.19. The maximum atomic E-state index is 12.9. The predicted octanol–water partition coefficient (Wildman–Crippen LogP) is 3.50. The second-order valence-electron chi connectivity index (χ2n) is 7.10. The van der Waals surface area contributed by atoms with Gasteiger partial charge in [0.2, 0.25) is 10.0 Å². The van der Waals surface area contributed by atoms with Crippen molar-refractivity contribution in [1.82, 2.24) is 9.29 Å². The molecular weight excluding hydrogens is 438 g/mol. The van der Waals surface area contributed by atoms with Gasteiger partial charge in [-0.3, -0.25) is 10.1 Å². The van der Waals surface area contributed by atoms with Gasteiger partial charge in [-0.05, 0) is 43.2 Å². The van der Waals surface area contributed by atoms with Crippen molar-refractivity contribution in [2.45, 2.75) is 24.2 Å². The summed E-state index contributed by atoms with van der Waals surface area (Å²) in [6.45, 7) is 0.901. The highest BCUT2D eigenvalue weighted by atomic mass is 32.2. The lowest BCUT2D eigenvalue weighted by molar-refractivity contribution is -0.118. The van der Waals surface area contributed by atoms with Crippen molar-refractivity contribution < 1.29 is 22.7 Å². The molecule has 1 N–H and O–H groups in total. The Kier molecular flexibility index (Phi) is 6.40. The average molecular weight is 462 g/mol. The zero-order chi connectivity index (χ0) is 21.8. The van der Waals surface area contributed by atoms with E-state index in [9.17, 15) is 13.2 Å². The second kappa shape index (κ2) is 9.21. The first-order valence-electron chi connectivity index (χ1n) is 9.94. The number of hydrogen-bond acceptors (Lipinski definition) is 7. The molecule has 1 saturated heterocycles. The van der Waals surface area contributed by atoms with E-state index in [0.29, 0.717) is 39.9 Å². The van der Waals surface area contributed by atoms with Gasteiger partial charge in [-0.1, -0.05) is 29.9 Å². The smallest absolute Gasteiger partial charge is 0.264 e. The van der Waals surface area contributed by atoms with Gasteiger partial charge in [-0.15, -0.1) is 0 Å². The lowest BCUT2D eigenvalue weighted by atomic mass is 10.2.